The molecule has 3 rings (SSSR count). The summed E-state index contributed by atoms with van der Waals surface area (Å²) >= 11 is 0. The first-order chi connectivity index (χ1) is 14.5. The van der Waals surface area contributed by atoms with Crippen LogP contribution in [0.2, 0.25) is 0 Å². The molecule has 0 aliphatic carbocycles. The van der Waals surface area contributed by atoms with E-state index >= 15 is 0 Å². The molecule has 1 heterocycles. The van der Waals surface area contributed by atoms with Gasteiger partial charge in [0.2, 0.25) is 11.8 Å². The van der Waals surface area contributed by atoms with Crippen molar-refractivity contribution in [3.8, 4) is 0 Å². The van der Waals surface area contributed by atoms with Crippen molar-refractivity contribution >= 4 is 17.5 Å². The van der Waals surface area contributed by atoms with Gasteiger partial charge in [-0.1, -0.05) is 55.0 Å². The zero-order valence-corrected chi connectivity index (χ0v) is 17.5. The second-order valence-electron chi connectivity index (χ2n) is 7.30. The maximum absolute atomic E-state index is 12.5. The summed E-state index contributed by atoms with van der Waals surface area (Å²) in [6.45, 7) is 4.90. The number of hydrogen-bond donors (Lipinski definition) is 1. The highest BCUT2D eigenvalue weighted by Crippen LogP contribution is 2.20. The minimum Gasteiger partial charge on any atom is -0.352 e. The van der Waals surface area contributed by atoms with Gasteiger partial charge in [-0.05, 0) is 41.8 Å². The highest BCUT2D eigenvalue weighted by atomic mass is 16.2. The third-order valence-electron chi connectivity index (χ3n) is 4.89. The number of amides is 2. The summed E-state index contributed by atoms with van der Waals surface area (Å²) in [7, 11) is 0. The van der Waals surface area contributed by atoms with Crippen molar-refractivity contribution < 1.29 is 9.59 Å². The van der Waals surface area contributed by atoms with Gasteiger partial charge in [-0.25, -0.2) is 0 Å². The molecule has 3 aromatic rings. The van der Waals surface area contributed by atoms with E-state index in [1.165, 1.54) is 5.56 Å². The average Bonchev–Trinajstić information content (AvgIpc) is 2.78. The topological polar surface area (TPSA) is 62.3 Å². The van der Waals surface area contributed by atoms with Gasteiger partial charge >= 0.3 is 0 Å². The summed E-state index contributed by atoms with van der Waals surface area (Å²) in [5, 5.41) is 2.91. The molecule has 5 nitrogen and oxygen atoms in total. The molecule has 1 N–H and O–H groups in total. The number of rotatable bonds is 8. The molecule has 0 aliphatic rings. The van der Waals surface area contributed by atoms with E-state index in [9.17, 15) is 9.59 Å². The molecule has 0 fully saturated rings. The zero-order valence-electron chi connectivity index (χ0n) is 17.5. The molecular weight excluding hydrogens is 374 g/mol. The molecular formula is C25H27N3O2. The second-order valence-corrected chi connectivity index (χ2v) is 7.30. The van der Waals surface area contributed by atoms with E-state index in [1.54, 1.807) is 17.3 Å². The van der Waals surface area contributed by atoms with Crippen LogP contribution in [-0.2, 0) is 29.1 Å². The molecule has 0 radical (unpaired) electrons. The number of benzene rings is 2. The number of carbonyl (C=O) groups is 2. The van der Waals surface area contributed by atoms with Crippen LogP contribution >= 0.6 is 0 Å². The van der Waals surface area contributed by atoms with Crippen LogP contribution in [0, 0.1) is 6.92 Å². The van der Waals surface area contributed by atoms with Gasteiger partial charge in [0.05, 0.1) is 13.0 Å². The molecule has 0 saturated heterocycles. The number of hydrogen-bond acceptors (Lipinski definition) is 3. The Labute approximate surface area is 177 Å². The Morgan fingerprint density at radius 2 is 1.63 bits per heavy atom. The fourth-order valence-electron chi connectivity index (χ4n) is 3.14. The van der Waals surface area contributed by atoms with E-state index in [0.29, 0.717) is 25.9 Å². The number of carbonyl (C=O) groups excluding carboxylic acids is 2. The Hall–Kier alpha value is -3.47. The van der Waals surface area contributed by atoms with Crippen molar-refractivity contribution in [1.29, 1.82) is 0 Å². The van der Waals surface area contributed by atoms with E-state index < -0.39 is 0 Å². The van der Waals surface area contributed by atoms with Gasteiger partial charge < -0.3 is 10.2 Å². The van der Waals surface area contributed by atoms with Crippen molar-refractivity contribution in [1.82, 2.24) is 10.3 Å². The Morgan fingerprint density at radius 3 is 2.27 bits per heavy atom. The third kappa shape index (κ3) is 6.01. The molecule has 30 heavy (non-hydrogen) atoms. The molecule has 0 atom stereocenters. The van der Waals surface area contributed by atoms with Crippen LogP contribution < -0.4 is 10.2 Å². The molecule has 0 saturated carbocycles. The molecule has 154 valence electrons. The van der Waals surface area contributed by atoms with E-state index in [-0.39, 0.29) is 11.8 Å². The van der Waals surface area contributed by atoms with Crippen LogP contribution in [0.5, 0.6) is 0 Å². The second kappa shape index (κ2) is 10.3. The van der Waals surface area contributed by atoms with Crippen molar-refractivity contribution in [2.75, 3.05) is 4.90 Å². The number of aromatic nitrogens is 1. The number of aryl methyl sites for hydroxylation is 1. The summed E-state index contributed by atoms with van der Waals surface area (Å²) in [5.41, 5.74) is 4.98. The fraction of sp³-hybridized carbons (Fsp3) is 0.240. The third-order valence-corrected chi connectivity index (χ3v) is 4.89. The first-order valence-corrected chi connectivity index (χ1v) is 10.2. The van der Waals surface area contributed by atoms with E-state index in [1.807, 2.05) is 62.4 Å². The molecule has 0 spiro atoms. The van der Waals surface area contributed by atoms with E-state index in [2.05, 4.69) is 22.4 Å². The largest absolute Gasteiger partial charge is 0.352 e. The summed E-state index contributed by atoms with van der Waals surface area (Å²) in [6.07, 6.45) is 4.17. The first kappa shape index (κ1) is 21.2. The minimum absolute atomic E-state index is 0.0484. The predicted octanol–water partition coefficient (Wildman–Crippen LogP) is 4.19. The predicted molar refractivity (Wildman–Crippen MR) is 119 cm³/mol. The van der Waals surface area contributed by atoms with Gasteiger partial charge in [-0.2, -0.15) is 0 Å². The summed E-state index contributed by atoms with van der Waals surface area (Å²) in [6, 6.07) is 19.6. The highest BCUT2D eigenvalue weighted by Gasteiger charge is 2.15. The molecule has 0 bridgehead atoms. The van der Waals surface area contributed by atoms with Gasteiger partial charge in [-0.3, -0.25) is 14.6 Å². The smallest absolute Gasteiger partial charge is 0.227 e. The maximum atomic E-state index is 12.5. The Balaban J connectivity index is 1.63. The lowest BCUT2D eigenvalue weighted by Crippen LogP contribution is -2.29. The van der Waals surface area contributed by atoms with Crippen molar-refractivity contribution in [2.24, 2.45) is 0 Å². The normalized spacial score (nSPS) is 10.5. The summed E-state index contributed by atoms with van der Waals surface area (Å²) in [4.78, 5) is 30.6. The highest BCUT2D eigenvalue weighted by molar-refractivity contribution is 5.93. The summed E-state index contributed by atoms with van der Waals surface area (Å²) in [5.74, 6) is 0.0188. The standard InChI is InChI=1S/C25H27N3O2/c1-3-25(30)28(18-21-8-6-19(2)7-9-21)23-12-10-20(11-13-23)15-24(29)27-17-22-5-4-14-26-16-22/h4-14,16H,3,15,17-18H2,1-2H3,(H,27,29). The van der Waals surface area contributed by atoms with Crippen LogP contribution in [0.25, 0.3) is 0 Å². The molecule has 1 aromatic heterocycles. The van der Waals surface area contributed by atoms with E-state index in [0.717, 1.165) is 22.4 Å². The lowest BCUT2D eigenvalue weighted by atomic mass is 10.1. The van der Waals surface area contributed by atoms with Gasteiger partial charge in [0, 0.05) is 31.0 Å². The van der Waals surface area contributed by atoms with Crippen molar-refractivity contribution in [2.45, 2.75) is 39.8 Å². The van der Waals surface area contributed by atoms with Crippen molar-refractivity contribution in [3.63, 3.8) is 0 Å². The van der Waals surface area contributed by atoms with Gasteiger partial charge in [0.1, 0.15) is 0 Å². The van der Waals surface area contributed by atoms with Crippen molar-refractivity contribution in [3.05, 3.63) is 95.3 Å². The minimum atomic E-state index is -0.0484. The van der Waals surface area contributed by atoms with E-state index in [4.69, 9.17) is 0 Å². The number of pyridine rings is 1. The van der Waals surface area contributed by atoms with Crippen LogP contribution in [0.3, 0.4) is 0 Å². The molecule has 5 heteroatoms. The van der Waals surface area contributed by atoms with Crippen LogP contribution in [-0.4, -0.2) is 16.8 Å². The summed E-state index contributed by atoms with van der Waals surface area (Å²) < 4.78 is 0. The Bertz CT molecular complexity index is 968. The van der Waals surface area contributed by atoms with Crippen LogP contribution in [0.4, 0.5) is 5.69 Å². The Kier molecular flexibility index (Phi) is 7.33. The van der Waals surface area contributed by atoms with Gasteiger partial charge in [0.25, 0.3) is 0 Å². The molecule has 2 amide bonds. The fourth-order valence-corrected chi connectivity index (χ4v) is 3.14. The average molecular weight is 402 g/mol. The van der Waals surface area contributed by atoms with Gasteiger partial charge in [-0.15, -0.1) is 0 Å². The molecule has 0 aliphatic heterocycles. The lowest BCUT2D eigenvalue weighted by Gasteiger charge is -2.23. The van der Waals surface area contributed by atoms with Crippen LogP contribution in [0.15, 0.2) is 73.1 Å². The quantitative estimate of drug-likeness (QED) is 0.616. The van der Waals surface area contributed by atoms with Crippen LogP contribution in [0.1, 0.15) is 35.6 Å². The number of nitrogens with one attached hydrogen (secondary N) is 1. The Morgan fingerprint density at radius 1 is 0.933 bits per heavy atom. The molecule has 2 aromatic carbocycles. The number of anilines is 1. The monoisotopic (exact) mass is 401 g/mol. The maximum Gasteiger partial charge on any atom is 0.227 e. The molecule has 0 unspecified atom stereocenters. The van der Waals surface area contributed by atoms with Gasteiger partial charge in [0.15, 0.2) is 0 Å². The lowest BCUT2D eigenvalue weighted by molar-refractivity contribution is -0.120. The zero-order chi connectivity index (χ0) is 21.3. The number of nitrogens with zero attached hydrogens (tertiary/aromatic N) is 2. The first-order valence-electron chi connectivity index (χ1n) is 10.2. The SMILES string of the molecule is CCC(=O)N(Cc1ccc(C)cc1)c1ccc(CC(=O)NCc2cccnc2)cc1.